The summed E-state index contributed by atoms with van der Waals surface area (Å²) in [6, 6.07) is 11.1. The summed E-state index contributed by atoms with van der Waals surface area (Å²) in [5, 5.41) is 22.2. The van der Waals surface area contributed by atoms with Gasteiger partial charge in [0, 0.05) is 22.6 Å². The van der Waals surface area contributed by atoms with Crippen LogP contribution in [0.15, 0.2) is 53.7 Å². The van der Waals surface area contributed by atoms with Crippen molar-refractivity contribution < 1.29 is 62.6 Å². The van der Waals surface area contributed by atoms with E-state index < -0.39 is 45.9 Å². The van der Waals surface area contributed by atoms with E-state index in [-0.39, 0.29) is 58.8 Å². The number of anilines is 1. The van der Waals surface area contributed by atoms with Gasteiger partial charge in [-0.3, -0.25) is 13.9 Å². The molecule has 2 aromatic carbocycles. The van der Waals surface area contributed by atoms with E-state index in [2.05, 4.69) is 0 Å². The van der Waals surface area contributed by atoms with Crippen LogP contribution in [0.4, 0.5) is 5.69 Å². The molecule has 0 unspecified atom stereocenters. The maximum Gasteiger partial charge on any atom is 1.00 e. The third-order valence-corrected chi connectivity index (χ3v) is 8.35. The standard InChI is InChI=1S/C25H24N2O7S.Na/c1-12-17(22(25(31)32)27-21(12)19(13(2)28)24(27)30)11-26(35(3,33)34)18-10-6-9-16-20(18)14-7-4-5-8-15(14)23(16)29;/h4-10,12-13,19,21,28H,11H2,1-3H3,(H,31,32);/q;+1/p-1/t12-,13+,19+,21+;/m0./s1. The summed E-state index contributed by atoms with van der Waals surface area (Å²) in [7, 11) is -3.96. The zero-order chi connectivity index (χ0) is 25.4. The molecule has 2 aromatic rings. The van der Waals surface area contributed by atoms with E-state index in [1.807, 2.05) is 0 Å². The SMILES string of the molecule is C[C@@H](O)[C@H]1C(=O)N2C(C(=O)[O-])=C(CN(c3cccc4c3-c3ccccc3C4=O)S(C)(=O)=O)[C@H](C)[C@H]12.[Na+]. The summed E-state index contributed by atoms with van der Waals surface area (Å²) >= 11 is 0. The molecule has 3 aliphatic rings. The van der Waals surface area contributed by atoms with E-state index >= 15 is 0 Å². The minimum Gasteiger partial charge on any atom is -0.543 e. The van der Waals surface area contributed by atoms with Crippen LogP contribution in [0.2, 0.25) is 0 Å². The molecule has 0 radical (unpaired) electrons. The van der Waals surface area contributed by atoms with Crippen LogP contribution in [0, 0.1) is 11.8 Å². The number of carbonyl (C=O) groups is 3. The van der Waals surface area contributed by atoms with Crippen molar-refractivity contribution in [3.63, 3.8) is 0 Å². The van der Waals surface area contributed by atoms with Gasteiger partial charge >= 0.3 is 29.6 Å². The molecule has 1 N–H and O–H groups in total. The van der Waals surface area contributed by atoms with Gasteiger partial charge in [0.1, 0.15) is 0 Å². The van der Waals surface area contributed by atoms with Crippen LogP contribution in [0.1, 0.15) is 29.8 Å². The summed E-state index contributed by atoms with van der Waals surface area (Å²) in [4.78, 5) is 38.8. The molecule has 0 saturated carbocycles. The number of hydrogen-bond donors (Lipinski definition) is 1. The quantitative estimate of drug-likeness (QED) is 0.282. The first-order valence-electron chi connectivity index (χ1n) is 11.2. The largest absolute Gasteiger partial charge is 1.00 e. The first-order valence-corrected chi connectivity index (χ1v) is 13.0. The number of aliphatic hydroxyl groups is 1. The second-order valence-electron chi connectivity index (χ2n) is 9.26. The van der Waals surface area contributed by atoms with Gasteiger partial charge in [-0.2, -0.15) is 0 Å². The first kappa shape index (κ1) is 26.6. The van der Waals surface area contributed by atoms with Crippen molar-refractivity contribution in [3.05, 3.63) is 64.9 Å². The zero-order valence-corrected chi connectivity index (χ0v) is 23.1. The number of carboxylic acid groups (broad SMARTS) is 1. The smallest absolute Gasteiger partial charge is 0.543 e. The number of fused-ring (bicyclic) bond motifs is 4. The fourth-order valence-corrected chi connectivity index (χ4v) is 6.53. The van der Waals surface area contributed by atoms with Crippen LogP contribution in [-0.4, -0.2) is 61.0 Å². The third kappa shape index (κ3) is 3.74. The molecule has 0 spiro atoms. The van der Waals surface area contributed by atoms with Crippen LogP contribution < -0.4 is 39.0 Å². The Labute approximate surface area is 230 Å². The van der Waals surface area contributed by atoms with Crippen molar-refractivity contribution in [2.75, 3.05) is 17.1 Å². The monoisotopic (exact) mass is 518 g/mol. The van der Waals surface area contributed by atoms with Gasteiger partial charge in [0.25, 0.3) is 0 Å². The second-order valence-corrected chi connectivity index (χ2v) is 11.2. The molecule has 182 valence electrons. The molecule has 1 aliphatic carbocycles. The van der Waals surface area contributed by atoms with Crippen LogP contribution in [0.5, 0.6) is 0 Å². The number of aliphatic carboxylic acids is 1. The van der Waals surface area contributed by atoms with Crippen molar-refractivity contribution in [2.45, 2.75) is 26.0 Å². The number of sulfonamides is 1. The number of carboxylic acids is 1. The summed E-state index contributed by atoms with van der Waals surface area (Å²) in [6.07, 6.45) is 0.0199. The molecule has 9 nitrogen and oxygen atoms in total. The number of hydrogen-bond acceptors (Lipinski definition) is 7. The summed E-state index contributed by atoms with van der Waals surface area (Å²) in [6.45, 7) is 2.83. The Morgan fingerprint density at radius 2 is 1.72 bits per heavy atom. The van der Waals surface area contributed by atoms with Gasteiger partial charge in [-0.25, -0.2) is 8.42 Å². The Morgan fingerprint density at radius 1 is 1.11 bits per heavy atom. The van der Waals surface area contributed by atoms with Crippen LogP contribution >= 0.6 is 0 Å². The summed E-state index contributed by atoms with van der Waals surface area (Å²) < 4.78 is 27.2. The Morgan fingerprint density at radius 3 is 2.31 bits per heavy atom. The van der Waals surface area contributed by atoms with Crippen molar-refractivity contribution >= 4 is 33.4 Å². The van der Waals surface area contributed by atoms with Gasteiger partial charge in [0.2, 0.25) is 15.9 Å². The summed E-state index contributed by atoms with van der Waals surface area (Å²) in [5.41, 5.74) is 1.97. The van der Waals surface area contributed by atoms with Gasteiger partial charge < -0.3 is 19.9 Å². The Hall–Kier alpha value is -2.50. The number of aliphatic hydroxyl groups excluding tert-OH is 1. The molecule has 2 aliphatic heterocycles. The Balaban J connectivity index is 0.00000304. The van der Waals surface area contributed by atoms with Gasteiger partial charge in [-0.15, -0.1) is 0 Å². The second kappa shape index (κ2) is 9.11. The van der Waals surface area contributed by atoms with Crippen molar-refractivity contribution in [1.29, 1.82) is 0 Å². The fraction of sp³-hybridized carbons (Fsp3) is 0.320. The maximum absolute atomic E-state index is 13.0. The number of benzene rings is 2. The van der Waals surface area contributed by atoms with Crippen molar-refractivity contribution in [1.82, 2.24) is 4.90 Å². The molecular formula is C25H23N2NaO7S. The van der Waals surface area contributed by atoms with Crippen molar-refractivity contribution in [3.8, 4) is 11.1 Å². The summed E-state index contributed by atoms with van der Waals surface area (Å²) in [5.74, 6) is -3.65. The number of carbonyl (C=O) groups excluding carboxylic acids is 3. The minimum absolute atomic E-state index is 0. The van der Waals surface area contributed by atoms with Gasteiger partial charge in [0.15, 0.2) is 5.78 Å². The molecule has 1 amide bonds. The molecule has 36 heavy (non-hydrogen) atoms. The van der Waals surface area contributed by atoms with Crippen molar-refractivity contribution in [2.24, 2.45) is 11.8 Å². The molecule has 5 rings (SSSR count). The van der Waals surface area contributed by atoms with Gasteiger partial charge in [0.05, 0.1) is 48.2 Å². The van der Waals surface area contributed by atoms with E-state index in [4.69, 9.17) is 0 Å². The van der Waals surface area contributed by atoms with Gasteiger partial charge in [-0.05, 0) is 24.1 Å². The normalized spacial score (nSPS) is 22.9. The molecular weight excluding hydrogens is 495 g/mol. The van der Waals surface area contributed by atoms with E-state index in [0.29, 0.717) is 22.3 Å². The van der Waals surface area contributed by atoms with Crippen LogP contribution in [0.25, 0.3) is 11.1 Å². The number of nitrogens with zero attached hydrogens (tertiary/aromatic N) is 2. The molecule has 0 bridgehead atoms. The molecule has 1 saturated heterocycles. The molecule has 1 fully saturated rings. The predicted molar refractivity (Wildman–Crippen MR) is 125 cm³/mol. The minimum atomic E-state index is -3.96. The predicted octanol–water partition coefficient (Wildman–Crippen LogP) is -2.47. The van der Waals surface area contributed by atoms with Crippen LogP contribution in [-0.2, 0) is 19.6 Å². The first-order chi connectivity index (χ1) is 16.4. The van der Waals surface area contributed by atoms with Gasteiger partial charge in [-0.1, -0.05) is 43.3 Å². The third-order valence-electron chi connectivity index (χ3n) is 7.22. The maximum atomic E-state index is 13.0. The molecule has 11 heteroatoms. The zero-order valence-electron chi connectivity index (χ0n) is 20.3. The van der Waals surface area contributed by atoms with E-state index in [9.17, 15) is 33.0 Å². The van der Waals surface area contributed by atoms with E-state index in [1.165, 1.54) is 6.92 Å². The molecule has 4 atom stereocenters. The molecule has 2 heterocycles. The number of rotatable bonds is 6. The molecule has 0 aromatic heterocycles. The fourth-order valence-electron chi connectivity index (χ4n) is 5.64. The number of ketones is 1. The average molecular weight is 519 g/mol. The topological polar surface area (TPSA) is 135 Å². The number of β-lactam (4-membered cyclic amide) rings is 1. The van der Waals surface area contributed by atoms with E-state index in [0.717, 1.165) is 15.5 Å². The average Bonchev–Trinajstić information content (AvgIpc) is 3.21. The van der Waals surface area contributed by atoms with E-state index in [1.54, 1.807) is 49.4 Å². The van der Waals surface area contributed by atoms with Crippen LogP contribution in [0.3, 0.4) is 0 Å². The Bertz CT molecular complexity index is 1450. The Kier molecular flexibility index (Phi) is 6.72. The number of amides is 1.